The third-order valence-corrected chi connectivity index (χ3v) is 9.17. The van der Waals surface area contributed by atoms with Crippen molar-refractivity contribution < 1.29 is 14.3 Å². The first-order valence-electron chi connectivity index (χ1n) is 12.0. The average Bonchev–Trinajstić information content (AvgIpc) is 2.99. The van der Waals surface area contributed by atoms with Crippen LogP contribution in [0.25, 0.3) is 6.08 Å². The molecule has 0 spiro atoms. The van der Waals surface area contributed by atoms with E-state index >= 15 is 0 Å². The fourth-order valence-corrected chi connectivity index (χ4v) is 7.51. The Balaban J connectivity index is 1.42. The van der Waals surface area contributed by atoms with Crippen LogP contribution in [0.2, 0.25) is 0 Å². The lowest BCUT2D eigenvalue weighted by molar-refractivity contribution is -0.148. The molecule has 1 aromatic rings. The first kappa shape index (κ1) is 20.7. The Bertz CT molecular complexity index is 958. The minimum atomic E-state index is -0.210. The summed E-state index contributed by atoms with van der Waals surface area (Å²) in [4.78, 5) is 25.0. The second-order valence-electron chi connectivity index (χ2n) is 10.8. The highest BCUT2D eigenvalue weighted by molar-refractivity contribution is 6.05. The van der Waals surface area contributed by atoms with Gasteiger partial charge in [0, 0.05) is 18.8 Å². The largest absolute Gasteiger partial charge is 0.462 e. The Morgan fingerprint density at radius 3 is 2.52 bits per heavy atom. The van der Waals surface area contributed by atoms with Crippen molar-refractivity contribution in [1.29, 1.82) is 0 Å². The van der Waals surface area contributed by atoms with Crippen LogP contribution in [0.1, 0.15) is 71.3 Å². The summed E-state index contributed by atoms with van der Waals surface area (Å²) in [7, 11) is 0. The highest BCUT2D eigenvalue weighted by atomic mass is 16.5. The van der Waals surface area contributed by atoms with Crippen molar-refractivity contribution in [2.75, 3.05) is 0 Å². The van der Waals surface area contributed by atoms with Gasteiger partial charge in [0.15, 0.2) is 5.78 Å². The van der Waals surface area contributed by atoms with Crippen LogP contribution in [-0.4, -0.2) is 17.9 Å². The van der Waals surface area contributed by atoms with Crippen LogP contribution >= 0.6 is 0 Å². The van der Waals surface area contributed by atoms with E-state index in [2.05, 4.69) is 38.1 Å². The third kappa shape index (κ3) is 3.32. The number of esters is 1. The lowest BCUT2D eigenvalue weighted by Crippen LogP contribution is -2.50. The van der Waals surface area contributed by atoms with Crippen LogP contribution in [0.5, 0.6) is 0 Å². The van der Waals surface area contributed by atoms with Gasteiger partial charge >= 0.3 is 5.97 Å². The van der Waals surface area contributed by atoms with Crippen molar-refractivity contribution in [1.82, 2.24) is 0 Å². The van der Waals surface area contributed by atoms with Crippen LogP contribution in [0.15, 0.2) is 47.6 Å². The molecule has 4 aliphatic carbocycles. The number of fused-ring (bicyclic) bond motifs is 5. The Morgan fingerprint density at radius 2 is 1.77 bits per heavy atom. The molecule has 0 amide bonds. The van der Waals surface area contributed by atoms with Gasteiger partial charge in [0.05, 0.1) is 0 Å². The summed E-state index contributed by atoms with van der Waals surface area (Å²) >= 11 is 0. The standard InChI is InChI=1S/C28H34O3/c1-18(29)31-22-11-13-27(2)21(17-22)9-10-23-24(27)12-14-28(3)25(23)16-20(26(28)30)15-19-7-5-4-6-8-19/h4-9,15,22-25H,10-14,16-17H2,1-3H3/b20-15-. The molecule has 6 atom stereocenters. The smallest absolute Gasteiger partial charge is 0.302 e. The Kier molecular flexibility index (Phi) is 4.99. The van der Waals surface area contributed by atoms with E-state index in [9.17, 15) is 9.59 Å². The van der Waals surface area contributed by atoms with E-state index in [-0.39, 0.29) is 22.9 Å². The van der Waals surface area contributed by atoms with Crippen LogP contribution in [-0.2, 0) is 14.3 Å². The fourth-order valence-electron chi connectivity index (χ4n) is 7.51. The molecule has 0 bridgehead atoms. The minimum Gasteiger partial charge on any atom is -0.462 e. The van der Waals surface area contributed by atoms with Gasteiger partial charge in [0.1, 0.15) is 6.10 Å². The van der Waals surface area contributed by atoms with Crippen molar-refractivity contribution in [2.45, 2.75) is 71.8 Å². The van der Waals surface area contributed by atoms with Crippen molar-refractivity contribution in [3.8, 4) is 0 Å². The van der Waals surface area contributed by atoms with Gasteiger partial charge in [-0.3, -0.25) is 9.59 Å². The molecule has 1 aromatic carbocycles. The summed E-state index contributed by atoms with van der Waals surface area (Å²) in [5, 5.41) is 0. The van der Waals surface area contributed by atoms with Crippen molar-refractivity contribution in [2.24, 2.45) is 28.6 Å². The molecule has 31 heavy (non-hydrogen) atoms. The Morgan fingerprint density at radius 1 is 1.03 bits per heavy atom. The molecule has 4 aliphatic rings. The van der Waals surface area contributed by atoms with Gasteiger partial charge < -0.3 is 4.74 Å². The number of Topliss-reactive ketones (excluding diaryl/α,β-unsaturated/α-hetero) is 1. The molecule has 3 fully saturated rings. The number of rotatable bonds is 2. The predicted octanol–water partition coefficient (Wildman–Crippen LogP) is 6.14. The maximum atomic E-state index is 13.5. The van der Waals surface area contributed by atoms with E-state index in [4.69, 9.17) is 4.74 Å². The van der Waals surface area contributed by atoms with Crippen LogP contribution in [0.4, 0.5) is 0 Å². The molecule has 0 aliphatic heterocycles. The topological polar surface area (TPSA) is 43.4 Å². The highest BCUT2D eigenvalue weighted by Gasteiger charge is 2.59. The minimum absolute atomic E-state index is 0.0377. The number of hydrogen-bond acceptors (Lipinski definition) is 3. The van der Waals surface area contributed by atoms with Gasteiger partial charge in [-0.25, -0.2) is 0 Å². The number of benzene rings is 1. The maximum absolute atomic E-state index is 13.5. The van der Waals surface area contributed by atoms with E-state index < -0.39 is 0 Å². The first-order valence-corrected chi connectivity index (χ1v) is 12.0. The number of ether oxygens (including phenoxy) is 1. The van der Waals surface area contributed by atoms with Gasteiger partial charge in [-0.05, 0) is 78.9 Å². The van der Waals surface area contributed by atoms with Gasteiger partial charge in [-0.2, -0.15) is 0 Å². The molecule has 3 heteroatoms. The Labute approximate surface area is 185 Å². The monoisotopic (exact) mass is 418 g/mol. The van der Waals surface area contributed by atoms with Gasteiger partial charge in [0.2, 0.25) is 0 Å². The van der Waals surface area contributed by atoms with Gasteiger partial charge in [-0.15, -0.1) is 0 Å². The first-order chi connectivity index (χ1) is 14.8. The molecule has 6 unspecified atom stereocenters. The number of carbonyl (C=O) groups is 2. The van der Waals surface area contributed by atoms with E-state index in [1.54, 1.807) is 0 Å². The molecular weight excluding hydrogens is 384 g/mol. The zero-order valence-electron chi connectivity index (χ0n) is 19.0. The number of hydrogen-bond donors (Lipinski definition) is 0. The van der Waals surface area contributed by atoms with Crippen molar-refractivity contribution in [3.63, 3.8) is 0 Å². The summed E-state index contributed by atoms with van der Waals surface area (Å²) in [6.45, 7) is 6.19. The normalized spacial score (nSPS) is 40.5. The zero-order chi connectivity index (χ0) is 21.8. The summed E-state index contributed by atoms with van der Waals surface area (Å²) in [6, 6.07) is 10.3. The maximum Gasteiger partial charge on any atom is 0.302 e. The molecule has 0 aromatic heterocycles. The van der Waals surface area contributed by atoms with Crippen LogP contribution < -0.4 is 0 Å². The molecule has 0 N–H and O–H groups in total. The van der Waals surface area contributed by atoms with E-state index in [0.717, 1.165) is 56.1 Å². The zero-order valence-corrected chi connectivity index (χ0v) is 19.0. The van der Waals surface area contributed by atoms with Crippen molar-refractivity contribution >= 4 is 17.8 Å². The SMILES string of the molecule is CC(=O)OC1CCC2(C)C(=CCC3C4C/C(=C/c5ccccc5)C(=O)C4(C)CCC32)C1. The van der Waals surface area contributed by atoms with Crippen molar-refractivity contribution in [3.05, 3.63) is 53.1 Å². The molecule has 164 valence electrons. The number of allylic oxidation sites excluding steroid dienone is 2. The van der Waals surface area contributed by atoms with Crippen LogP contribution in [0.3, 0.4) is 0 Å². The van der Waals surface area contributed by atoms with Gasteiger partial charge in [-0.1, -0.05) is 55.8 Å². The summed E-state index contributed by atoms with van der Waals surface area (Å²) < 4.78 is 5.56. The molecule has 5 rings (SSSR count). The van der Waals surface area contributed by atoms with E-state index in [1.807, 2.05) is 18.2 Å². The van der Waals surface area contributed by atoms with Gasteiger partial charge in [0.25, 0.3) is 0 Å². The number of ketones is 1. The molecule has 3 saturated carbocycles. The third-order valence-electron chi connectivity index (χ3n) is 9.17. The fraction of sp³-hybridized carbons (Fsp3) is 0.571. The van der Waals surface area contributed by atoms with E-state index in [0.29, 0.717) is 23.5 Å². The lowest BCUT2D eigenvalue weighted by atomic mass is 9.48. The molecule has 0 saturated heterocycles. The summed E-state index contributed by atoms with van der Waals surface area (Å²) in [5.41, 5.74) is 3.64. The predicted molar refractivity (Wildman–Crippen MR) is 122 cm³/mol. The van der Waals surface area contributed by atoms with E-state index in [1.165, 1.54) is 12.5 Å². The molecule has 3 nitrogen and oxygen atoms in total. The average molecular weight is 419 g/mol. The second-order valence-corrected chi connectivity index (χ2v) is 10.8. The second kappa shape index (κ2) is 7.46. The molecule has 0 radical (unpaired) electrons. The Hall–Kier alpha value is -2.16. The lowest BCUT2D eigenvalue weighted by Gasteiger charge is -2.56. The number of carbonyl (C=O) groups excluding carboxylic acids is 2. The quantitative estimate of drug-likeness (QED) is 0.329. The highest BCUT2D eigenvalue weighted by Crippen LogP contribution is 2.64. The summed E-state index contributed by atoms with van der Waals surface area (Å²) in [6.07, 6.45) is 11.7. The van der Waals surface area contributed by atoms with Crippen LogP contribution in [0, 0.1) is 28.6 Å². The molecular formula is C28H34O3. The summed E-state index contributed by atoms with van der Waals surface area (Å²) in [5.74, 6) is 1.86. The molecule has 0 heterocycles.